The number of likely N-dealkylation sites (N-methyl/N-ethyl adjacent to an activating group) is 1. The van der Waals surface area contributed by atoms with E-state index in [1.54, 1.807) is 12.1 Å². The highest BCUT2D eigenvalue weighted by atomic mass is 19.1. The molecule has 1 saturated carbocycles. The van der Waals surface area contributed by atoms with Crippen molar-refractivity contribution in [3.05, 3.63) is 30.1 Å². The molecule has 1 fully saturated rings. The average Bonchev–Trinajstić information content (AvgIpc) is 2.42. The molecule has 4 nitrogen and oxygen atoms in total. The van der Waals surface area contributed by atoms with Crippen LogP contribution in [0, 0.1) is 5.82 Å². The molecule has 1 amide bonds. The van der Waals surface area contributed by atoms with Gasteiger partial charge in [0.1, 0.15) is 23.2 Å². The van der Waals surface area contributed by atoms with Gasteiger partial charge in [-0.3, -0.25) is 4.79 Å². The van der Waals surface area contributed by atoms with Crippen molar-refractivity contribution in [2.45, 2.75) is 44.2 Å². The molecule has 0 heterocycles. The first-order chi connectivity index (χ1) is 9.55. The molecular formula is C15H21FN2O2. The molecule has 5 heteroatoms. The van der Waals surface area contributed by atoms with Crippen LogP contribution in [0.3, 0.4) is 0 Å². The van der Waals surface area contributed by atoms with Gasteiger partial charge in [-0.15, -0.1) is 0 Å². The van der Waals surface area contributed by atoms with Crippen molar-refractivity contribution in [3.8, 4) is 5.75 Å². The summed E-state index contributed by atoms with van der Waals surface area (Å²) >= 11 is 0. The summed E-state index contributed by atoms with van der Waals surface area (Å²) in [5.74, 6) is 0.0000478. The van der Waals surface area contributed by atoms with Crippen LogP contribution >= 0.6 is 0 Å². The molecular weight excluding hydrogens is 259 g/mol. The molecule has 0 spiro atoms. The van der Waals surface area contributed by atoms with Crippen LogP contribution in [0.1, 0.15) is 32.6 Å². The number of amides is 1. The van der Waals surface area contributed by atoms with Gasteiger partial charge in [-0.05, 0) is 50.1 Å². The van der Waals surface area contributed by atoms with Crippen LogP contribution in [0.25, 0.3) is 0 Å². The molecule has 0 aliphatic heterocycles. The van der Waals surface area contributed by atoms with Gasteiger partial charge in [0.25, 0.3) is 0 Å². The fourth-order valence-electron chi connectivity index (χ4n) is 2.84. The largest absolute Gasteiger partial charge is 0.490 e. The number of carbonyl (C=O) groups excluding carboxylic acids is 1. The third kappa shape index (κ3) is 3.28. The first-order valence-electron chi connectivity index (χ1n) is 7.03. The Labute approximate surface area is 118 Å². The van der Waals surface area contributed by atoms with Crippen LogP contribution in [0.5, 0.6) is 5.75 Å². The number of nitrogens with two attached hydrogens (primary N) is 1. The summed E-state index contributed by atoms with van der Waals surface area (Å²) in [6.07, 6.45) is 2.95. The Balaban J connectivity index is 2.05. The van der Waals surface area contributed by atoms with Gasteiger partial charge < -0.3 is 15.8 Å². The van der Waals surface area contributed by atoms with Gasteiger partial charge in [0.15, 0.2) is 0 Å². The van der Waals surface area contributed by atoms with Gasteiger partial charge in [0.05, 0.1) is 0 Å². The predicted octanol–water partition coefficient (Wildman–Crippen LogP) is 1.98. The second-order valence-corrected chi connectivity index (χ2v) is 5.27. The summed E-state index contributed by atoms with van der Waals surface area (Å²) in [5, 5.41) is 3.21. The van der Waals surface area contributed by atoms with Crippen LogP contribution in [-0.2, 0) is 4.79 Å². The lowest BCUT2D eigenvalue weighted by molar-refractivity contribution is -0.127. The zero-order valence-corrected chi connectivity index (χ0v) is 11.7. The number of halogens is 1. The molecule has 2 unspecified atom stereocenters. The van der Waals surface area contributed by atoms with E-state index >= 15 is 0 Å². The highest BCUT2D eigenvalue weighted by Crippen LogP contribution is 2.31. The number of primary amides is 1. The van der Waals surface area contributed by atoms with Crippen molar-refractivity contribution in [1.82, 2.24) is 5.32 Å². The van der Waals surface area contributed by atoms with Crippen LogP contribution in [0.2, 0.25) is 0 Å². The summed E-state index contributed by atoms with van der Waals surface area (Å²) in [5.41, 5.74) is 4.87. The summed E-state index contributed by atoms with van der Waals surface area (Å²) in [4.78, 5) is 11.8. The van der Waals surface area contributed by atoms with Gasteiger partial charge in [0.2, 0.25) is 5.91 Å². The molecule has 1 aliphatic rings. The third-order valence-corrected chi connectivity index (χ3v) is 3.81. The molecule has 1 aromatic carbocycles. The topological polar surface area (TPSA) is 64.3 Å². The predicted molar refractivity (Wildman–Crippen MR) is 74.9 cm³/mol. The number of hydrogen-bond donors (Lipinski definition) is 2. The lowest BCUT2D eigenvalue weighted by Gasteiger charge is -2.39. The van der Waals surface area contributed by atoms with E-state index in [-0.39, 0.29) is 17.8 Å². The van der Waals surface area contributed by atoms with Crippen molar-refractivity contribution in [2.75, 3.05) is 6.54 Å². The smallest absolute Gasteiger partial charge is 0.237 e. The molecule has 1 aromatic rings. The van der Waals surface area contributed by atoms with Crippen molar-refractivity contribution >= 4 is 5.91 Å². The molecule has 1 aliphatic carbocycles. The summed E-state index contributed by atoms with van der Waals surface area (Å²) < 4.78 is 18.7. The SMILES string of the molecule is CCNC1(C(N)=O)CCCC(Oc2ccc(F)cc2)C1. The fraction of sp³-hybridized carbons (Fsp3) is 0.533. The van der Waals surface area contributed by atoms with Crippen molar-refractivity contribution in [3.63, 3.8) is 0 Å². The molecule has 0 bridgehead atoms. The molecule has 0 aromatic heterocycles. The number of rotatable bonds is 5. The molecule has 0 radical (unpaired) electrons. The van der Waals surface area contributed by atoms with Crippen LogP contribution in [0.15, 0.2) is 24.3 Å². The van der Waals surface area contributed by atoms with E-state index in [0.717, 1.165) is 19.3 Å². The Morgan fingerprint density at radius 2 is 2.20 bits per heavy atom. The lowest BCUT2D eigenvalue weighted by Crippen LogP contribution is -2.59. The maximum atomic E-state index is 12.9. The monoisotopic (exact) mass is 280 g/mol. The summed E-state index contributed by atoms with van der Waals surface area (Å²) in [6.45, 7) is 2.64. The third-order valence-electron chi connectivity index (χ3n) is 3.81. The first kappa shape index (κ1) is 14.8. The van der Waals surface area contributed by atoms with Gasteiger partial charge in [-0.1, -0.05) is 6.92 Å². The van der Waals surface area contributed by atoms with Crippen LogP contribution in [-0.4, -0.2) is 24.1 Å². The highest BCUT2D eigenvalue weighted by Gasteiger charge is 2.41. The molecule has 2 atom stereocenters. The average molecular weight is 280 g/mol. The van der Waals surface area contributed by atoms with Crippen LogP contribution < -0.4 is 15.8 Å². The number of nitrogens with one attached hydrogen (secondary N) is 1. The van der Waals surface area contributed by atoms with E-state index in [4.69, 9.17) is 10.5 Å². The first-order valence-corrected chi connectivity index (χ1v) is 7.03. The zero-order valence-electron chi connectivity index (χ0n) is 11.7. The fourth-order valence-corrected chi connectivity index (χ4v) is 2.84. The maximum absolute atomic E-state index is 12.9. The second-order valence-electron chi connectivity index (χ2n) is 5.27. The van der Waals surface area contributed by atoms with Gasteiger partial charge in [0, 0.05) is 6.42 Å². The van der Waals surface area contributed by atoms with E-state index < -0.39 is 5.54 Å². The Bertz CT molecular complexity index is 459. The number of benzene rings is 1. The quantitative estimate of drug-likeness (QED) is 0.867. The molecule has 2 rings (SSSR count). The summed E-state index contributed by atoms with van der Waals surface area (Å²) in [7, 11) is 0. The zero-order chi connectivity index (χ0) is 14.6. The Kier molecular flexibility index (Phi) is 4.60. The van der Waals surface area contributed by atoms with E-state index in [1.807, 2.05) is 6.92 Å². The van der Waals surface area contributed by atoms with Crippen molar-refractivity contribution in [2.24, 2.45) is 5.73 Å². The molecule has 20 heavy (non-hydrogen) atoms. The number of ether oxygens (including phenoxy) is 1. The van der Waals surface area contributed by atoms with Gasteiger partial charge >= 0.3 is 0 Å². The van der Waals surface area contributed by atoms with E-state index in [1.165, 1.54) is 12.1 Å². The minimum absolute atomic E-state index is 0.0826. The highest BCUT2D eigenvalue weighted by molar-refractivity contribution is 5.84. The second kappa shape index (κ2) is 6.22. The Hall–Kier alpha value is -1.62. The minimum Gasteiger partial charge on any atom is -0.490 e. The number of carbonyl (C=O) groups is 1. The van der Waals surface area contributed by atoms with Crippen molar-refractivity contribution < 1.29 is 13.9 Å². The maximum Gasteiger partial charge on any atom is 0.237 e. The molecule has 3 N–H and O–H groups in total. The van der Waals surface area contributed by atoms with E-state index in [9.17, 15) is 9.18 Å². The lowest BCUT2D eigenvalue weighted by atomic mass is 9.79. The molecule has 110 valence electrons. The van der Waals surface area contributed by atoms with Crippen LogP contribution in [0.4, 0.5) is 4.39 Å². The standard InChI is InChI=1S/C15H21FN2O2/c1-2-18-15(14(17)19)9-3-4-13(10-15)20-12-7-5-11(16)6-8-12/h5-8,13,18H,2-4,9-10H2,1H3,(H2,17,19). The van der Waals surface area contributed by atoms with Gasteiger partial charge in [-0.25, -0.2) is 4.39 Å². The minimum atomic E-state index is -0.683. The number of hydrogen-bond acceptors (Lipinski definition) is 3. The summed E-state index contributed by atoms with van der Waals surface area (Å²) in [6, 6.07) is 5.93. The molecule has 0 saturated heterocycles. The Morgan fingerprint density at radius 3 is 2.80 bits per heavy atom. The van der Waals surface area contributed by atoms with Gasteiger partial charge in [-0.2, -0.15) is 0 Å². The van der Waals surface area contributed by atoms with E-state index in [2.05, 4.69) is 5.32 Å². The Morgan fingerprint density at radius 1 is 1.50 bits per heavy atom. The van der Waals surface area contributed by atoms with Crippen molar-refractivity contribution in [1.29, 1.82) is 0 Å². The normalized spacial score (nSPS) is 26.2. The van der Waals surface area contributed by atoms with E-state index in [0.29, 0.717) is 18.7 Å².